The summed E-state index contributed by atoms with van der Waals surface area (Å²) in [6, 6.07) is 44.6. The molecule has 8 rings (SSSR count). The van der Waals surface area contributed by atoms with E-state index in [9.17, 15) is 10.5 Å². The molecule has 0 saturated carbocycles. The number of rotatable bonds is 3. The van der Waals surface area contributed by atoms with Crippen LogP contribution in [0.25, 0.3) is 77.3 Å². The summed E-state index contributed by atoms with van der Waals surface area (Å²) in [6.45, 7) is 0. The van der Waals surface area contributed by atoms with Gasteiger partial charge in [-0.15, -0.1) is 0 Å². The van der Waals surface area contributed by atoms with Gasteiger partial charge in [-0.2, -0.15) is 10.5 Å². The van der Waals surface area contributed by atoms with Crippen molar-refractivity contribution in [3.05, 3.63) is 132 Å². The fourth-order valence-electron chi connectivity index (χ4n) is 6.04. The molecule has 6 aromatic carbocycles. The normalized spacial score (nSPS) is 11.3. The minimum absolute atomic E-state index is 0.590. The summed E-state index contributed by atoms with van der Waals surface area (Å²) in [5.74, 6) is 0. The van der Waals surface area contributed by atoms with Crippen molar-refractivity contribution in [3.63, 3.8) is 0 Å². The molecule has 0 unspecified atom stereocenters. The lowest BCUT2D eigenvalue weighted by Gasteiger charge is -2.17. The molecule has 0 atom stereocenters. The van der Waals surface area contributed by atoms with Crippen LogP contribution >= 0.6 is 0 Å². The fourth-order valence-corrected chi connectivity index (χ4v) is 6.04. The first-order chi connectivity index (χ1) is 20.7. The zero-order chi connectivity index (χ0) is 28.2. The van der Waals surface area contributed by atoms with Crippen LogP contribution in [0, 0.1) is 22.7 Å². The van der Waals surface area contributed by atoms with Crippen LogP contribution in [0.3, 0.4) is 0 Å². The van der Waals surface area contributed by atoms with Crippen LogP contribution in [0.4, 0.5) is 0 Å². The van der Waals surface area contributed by atoms with Gasteiger partial charge >= 0.3 is 0 Å². The third-order valence-electron chi connectivity index (χ3n) is 7.98. The van der Waals surface area contributed by atoms with Gasteiger partial charge in [-0.05, 0) is 82.4 Å². The van der Waals surface area contributed by atoms with Crippen LogP contribution < -0.4 is 0 Å². The molecule has 8 aromatic rings. The average molecular weight is 537 g/mol. The van der Waals surface area contributed by atoms with Gasteiger partial charge in [0.25, 0.3) is 0 Å². The minimum Gasteiger partial charge on any atom is -0.456 e. The predicted molar refractivity (Wildman–Crippen MR) is 167 cm³/mol. The highest BCUT2D eigenvalue weighted by Crippen LogP contribution is 2.44. The number of furan rings is 2. The van der Waals surface area contributed by atoms with E-state index in [2.05, 4.69) is 54.6 Å². The first-order valence-corrected chi connectivity index (χ1v) is 13.6. The molecule has 0 aliphatic rings. The Hall–Kier alpha value is -6.10. The first-order valence-electron chi connectivity index (χ1n) is 13.6. The Morgan fingerprint density at radius 2 is 1.02 bits per heavy atom. The Morgan fingerprint density at radius 3 is 1.83 bits per heavy atom. The summed E-state index contributed by atoms with van der Waals surface area (Å²) < 4.78 is 12.2. The van der Waals surface area contributed by atoms with E-state index in [-0.39, 0.29) is 0 Å². The van der Waals surface area contributed by atoms with Gasteiger partial charge in [0, 0.05) is 27.1 Å². The number of nitriles is 2. The van der Waals surface area contributed by atoms with Crippen molar-refractivity contribution in [2.45, 2.75) is 0 Å². The second kappa shape index (κ2) is 9.24. The Kier molecular flexibility index (Phi) is 5.22. The Labute approximate surface area is 240 Å². The Balaban J connectivity index is 1.44. The fraction of sp³-hybridized carbons (Fsp3) is 0. The largest absolute Gasteiger partial charge is 0.456 e. The minimum atomic E-state index is 0.590. The highest BCUT2D eigenvalue weighted by molar-refractivity contribution is 6.10. The third-order valence-corrected chi connectivity index (χ3v) is 7.98. The highest BCUT2D eigenvalue weighted by atomic mass is 16.3. The summed E-state index contributed by atoms with van der Waals surface area (Å²) >= 11 is 0. The zero-order valence-electron chi connectivity index (χ0n) is 22.3. The van der Waals surface area contributed by atoms with Crippen LogP contribution in [0.2, 0.25) is 0 Å². The quantitative estimate of drug-likeness (QED) is 0.225. The van der Waals surface area contributed by atoms with Crippen molar-refractivity contribution in [2.75, 3.05) is 0 Å². The zero-order valence-corrected chi connectivity index (χ0v) is 22.3. The molecule has 194 valence electrons. The monoisotopic (exact) mass is 536 g/mol. The third kappa shape index (κ3) is 3.60. The van der Waals surface area contributed by atoms with Gasteiger partial charge in [0.15, 0.2) is 0 Å². The van der Waals surface area contributed by atoms with Crippen molar-refractivity contribution in [1.82, 2.24) is 0 Å². The number of fused-ring (bicyclic) bond motifs is 6. The van der Waals surface area contributed by atoms with Crippen LogP contribution in [-0.2, 0) is 0 Å². The van der Waals surface area contributed by atoms with Gasteiger partial charge < -0.3 is 8.83 Å². The maximum atomic E-state index is 10.0. The lowest BCUT2D eigenvalue weighted by atomic mass is 9.85. The molecule has 4 nitrogen and oxygen atoms in total. The first kappa shape index (κ1) is 23.8. The number of hydrogen-bond acceptors (Lipinski definition) is 4. The maximum absolute atomic E-state index is 10.0. The van der Waals surface area contributed by atoms with E-state index in [1.165, 1.54) is 0 Å². The van der Waals surface area contributed by atoms with Gasteiger partial charge in [0.1, 0.15) is 22.3 Å². The lowest BCUT2D eigenvalue weighted by Crippen LogP contribution is -1.92. The molecule has 0 saturated heterocycles. The van der Waals surface area contributed by atoms with E-state index in [1.54, 1.807) is 6.07 Å². The summed E-state index contributed by atoms with van der Waals surface area (Å²) in [5.41, 5.74) is 10.3. The molecule has 0 aliphatic heterocycles. The van der Waals surface area contributed by atoms with E-state index in [4.69, 9.17) is 8.83 Å². The second-order valence-electron chi connectivity index (χ2n) is 10.3. The van der Waals surface area contributed by atoms with Crippen LogP contribution in [0.5, 0.6) is 0 Å². The summed E-state index contributed by atoms with van der Waals surface area (Å²) in [7, 11) is 0. The van der Waals surface area contributed by atoms with Gasteiger partial charge in [0.2, 0.25) is 0 Å². The van der Waals surface area contributed by atoms with Gasteiger partial charge in [0.05, 0.1) is 23.3 Å². The average Bonchev–Trinajstić information content (AvgIpc) is 3.61. The lowest BCUT2D eigenvalue weighted by molar-refractivity contribution is 0.668. The van der Waals surface area contributed by atoms with Crippen molar-refractivity contribution >= 4 is 43.9 Å². The smallest absolute Gasteiger partial charge is 0.135 e. The molecule has 2 heterocycles. The number of hydrogen-bond donors (Lipinski definition) is 0. The molecule has 2 aromatic heterocycles. The van der Waals surface area contributed by atoms with Crippen LogP contribution in [-0.4, -0.2) is 0 Å². The molecule has 0 spiro atoms. The van der Waals surface area contributed by atoms with E-state index in [0.717, 1.165) is 77.3 Å². The molecule has 4 heteroatoms. The molecular formula is C38H20N2O2. The number of para-hydroxylation sites is 1. The number of benzene rings is 6. The van der Waals surface area contributed by atoms with E-state index in [0.29, 0.717) is 11.1 Å². The molecule has 0 bridgehead atoms. The van der Waals surface area contributed by atoms with Gasteiger partial charge in [-0.3, -0.25) is 0 Å². The van der Waals surface area contributed by atoms with Gasteiger partial charge in [-0.25, -0.2) is 0 Å². The Morgan fingerprint density at radius 1 is 0.429 bits per heavy atom. The van der Waals surface area contributed by atoms with Crippen molar-refractivity contribution in [3.8, 4) is 45.5 Å². The van der Waals surface area contributed by atoms with Crippen molar-refractivity contribution < 1.29 is 8.83 Å². The van der Waals surface area contributed by atoms with E-state index >= 15 is 0 Å². The van der Waals surface area contributed by atoms with Crippen LogP contribution in [0.1, 0.15) is 11.1 Å². The van der Waals surface area contributed by atoms with Gasteiger partial charge in [-0.1, -0.05) is 66.7 Å². The summed E-state index contributed by atoms with van der Waals surface area (Å²) in [4.78, 5) is 0. The number of nitrogens with zero attached hydrogens (tertiary/aromatic N) is 2. The molecule has 0 aliphatic carbocycles. The van der Waals surface area contributed by atoms with Crippen molar-refractivity contribution in [1.29, 1.82) is 10.5 Å². The van der Waals surface area contributed by atoms with Crippen LogP contribution in [0.15, 0.2) is 130 Å². The SMILES string of the molecule is N#Cc1ccc2oc3ccc(-c4cccc(-c5ccccc5C#N)c4-c4ccc5oc6ccccc6c5c4)cc3c2c1. The standard InChI is InChI=1S/C38H20N2O2/c39-21-23-12-15-35-31(18-23)33-19-24(13-16-37(33)42-35)28-9-5-10-30(27-7-2-1-6-26(27)22-40)38(28)25-14-17-36-32(20-25)29-8-3-4-11-34(29)41-36/h1-20H. The molecule has 42 heavy (non-hydrogen) atoms. The predicted octanol–water partition coefficient (Wildman–Crippen LogP) is 10.2. The molecule has 0 fully saturated rings. The molecule has 0 N–H and O–H groups in total. The topological polar surface area (TPSA) is 73.9 Å². The maximum Gasteiger partial charge on any atom is 0.135 e. The summed E-state index contributed by atoms with van der Waals surface area (Å²) in [6.07, 6.45) is 0. The molecular weight excluding hydrogens is 516 g/mol. The molecule has 0 amide bonds. The van der Waals surface area contributed by atoms with E-state index in [1.807, 2.05) is 72.8 Å². The summed E-state index contributed by atoms with van der Waals surface area (Å²) in [5, 5.41) is 23.5. The second-order valence-corrected chi connectivity index (χ2v) is 10.3. The highest BCUT2D eigenvalue weighted by Gasteiger charge is 2.19. The van der Waals surface area contributed by atoms with E-state index < -0.39 is 0 Å². The van der Waals surface area contributed by atoms with Crippen molar-refractivity contribution in [2.24, 2.45) is 0 Å². The Bertz CT molecular complexity index is 2450. The molecule has 0 radical (unpaired) electrons.